The smallest absolute Gasteiger partial charge is 0.207 e. The minimum absolute atomic E-state index is 0.0977. The van der Waals surface area contributed by atoms with E-state index in [4.69, 9.17) is 14.5 Å². The van der Waals surface area contributed by atoms with Crippen molar-refractivity contribution in [3.05, 3.63) is 71.9 Å². The maximum absolute atomic E-state index is 11.3. The van der Waals surface area contributed by atoms with Crippen molar-refractivity contribution in [3.63, 3.8) is 0 Å². The second-order valence-electron chi connectivity index (χ2n) is 6.84. The number of para-hydroxylation sites is 1. The molecular weight excluding hydrogens is 366 g/mol. The van der Waals surface area contributed by atoms with Crippen LogP contribution in [0.25, 0.3) is 16.7 Å². The van der Waals surface area contributed by atoms with Gasteiger partial charge in [0.05, 0.1) is 42.4 Å². The van der Waals surface area contributed by atoms with Gasteiger partial charge in [0.2, 0.25) is 5.88 Å². The number of ether oxygens (including phenoxy) is 2. The molecule has 0 fully saturated rings. The normalized spacial score (nSPS) is 12.7. The lowest BCUT2D eigenvalue weighted by atomic mass is 10.1. The fraction of sp³-hybridized carbons (Fsp3) is 0.130. The minimum atomic E-state index is 0.0977. The third kappa shape index (κ3) is 2.72. The lowest BCUT2D eigenvalue weighted by Crippen LogP contribution is -2.01. The summed E-state index contributed by atoms with van der Waals surface area (Å²) >= 11 is 0. The van der Waals surface area contributed by atoms with Gasteiger partial charge in [-0.05, 0) is 23.8 Å². The van der Waals surface area contributed by atoms with Gasteiger partial charge in [0.1, 0.15) is 17.0 Å². The fourth-order valence-corrected chi connectivity index (χ4v) is 3.83. The number of benzene rings is 2. The van der Waals surface area contributed by atoms with E-state index in [0.717, 1.165) is 28.2 Å². The molecule has 0 radical (unpaired) electrons. The topological polar surface area (TPSA) is 68.9 Å². The van der Waals surface area contributed by atoms with Crippen LogP contribution in [-0.4, -0.2) is 34.6 Å². The Balaban J connectivity index is 1.75. The van der Waals surface area contributed by atoms with Gasteiger partial charge >= 0.3 is 0 Å². The highest BCUT2D eigenvalue weighted by molar-refractivity contribution is 6.15. The number of aromatic hydroxyl groups is 1. The molecule has 3 heterocycles. The largest absolute Gasteiger partial charge is 0.497 e. The quantitative estimate of drug-likeness (QED) is 0.564. The highest BCUT2D eigenvalue weighted by atomic mass is 16.5. The van der Waals surface area contributed by atoms with Gasteiger partial charge in [-0.25, -0.2) is 0 Å². The van der Waals surface area contributed by atoms with Gasteiger partial charge in [-0.15, -0.1) is 0 Å². The summed E-state index contributed by atoms with van der Waals surface area (Å²) in [7, 11) is 3.20. The molecule has 0 saturated heterocycles. The predicted molar refractivity (Wildman–Crippen MR) is 112 cm³/mol. The number of fused-ring (bicyclic) bond motifs is 2. The Hall–Kier alpha value is -3.80. The van der Waals surface area contributed by atoms with E-state index in [2.05, 4.69) is 11.1 Å². The van der Waals surface area contributed by atoms with Crippen LogP contribution in [0.1, 0.15) is 11.1 Å². The highest BCUT2D eigenvalue weighted by Crippen LogP contribution is 2.39. The monoisotopic (exact) mass is 385 g/mol. The summed E-state index contributed by atoms with van der Waals surface area (Å²) in [5.41, 5.74) is 5.74. The van der Waals surface area contributed by atoms with Crippen molar-refractivity contribution < 1.29 is 14.6 Å². The van der Waals surface area contributed by atoms with Crippen LogP contribution in [0.4, 0.5) is 5.69 Å². The Labute approximate surface area is 167 Å². The van der Waals surface area contributed by atoms with E-state index in [1.165, 1.54) is 0 Å². The number of pyridine rings is 1. The van der Waals surface area contributed by atoms with E-state index in [-0.39, 0.29) is 5.88 Å². The molecule has 29 heavy (non-hydrogen) atoms. The van der Waals surface area contributed by atoms with Crippen molar-refractivity contribution in [1.29, 1.82) is 0 Å². The molecule has 5 rings (SSSR count). The second kappa shape index (κ2) is 6.67. The third-order valence-electron chi connectivity index (χ3n) is 5.19. The van der Waals surface area contributed by atoms with Gasteiger partial charge in [0, 0.05) is 30.8 Å². The fourth-order valence-electron chi connectivity index (χ4n) is 3.83. The first kappa shape index (κ1) is 17.3. The average molecular weight is 385 g/mol. The van der Waals surface area contributed by atoms with Crippen LogP contribution in [0.3, 0.4) is 0 Å². The molecule has 0 spiro atoms. The zero-order chi connectivity index (χ0) is 20.0. The van der Waals surface area contributed by atoms with E-state index in [1.807, 2.05) is 42.5 Å². The van der Waals surface area contributed by atoms with E-state index in [9.17, 15) is 5.11 Å². The number of aliphatic imine (C=N–C) groups is 1. The SMILES string of the molecule is COc1cc(OC)cc(-n2c(O)c(C3=Nc4ccccc4C3)c3ncccc32)c1. The van der Waals surface area contributed by atoms with Crippen molar-refractivity contribution >= 4 is 22.4 Å². The van der Waals surface area contributed by atoms with Crippen molar-refractivity contribution in [1.82, 2.24) is 9.55 Å². The Kier molecular flexibility index (Phi) is 3.98. The first-order valence-electron chi connectivity index (χ1n) is 9.27. The Morgan fingerprint density at radius 2 is 1.72 bits per heavy atom. The summed E-state index contributed by atoms with van der Waals surface area (Å²) in [6, 6.07) is 17.3. The zero-order valence-corrected chi connectivity index (χ0v) is 16.1. The number of hydrogen-bond donors (Lipinski definition) is 1. The van der Waals surface area contributed by atoms with Crippen LogP contribution in [0.15, 0.2) is 65.8 Å². The molecule has 6 nitrogen and oxygen atoms in total. The molecule has 2 aromatic heterocycles. The summed E-state index contributed by atoms with van der Waals surface area (Å²) in [5, 5.41) is 11.3. The van der Waals surface area contributed by atoms with E-state index >= 15 is 0 Å². The molecule has 144 valence electrons. The number of hydrogen-bond acceptors (Lipinski definition) is 5. The average Bonchev–Trinajstić information content (AvgIpc) is 3.30. The van der Waals surface area contributed by atoms with Gasteiger partial charge in [-0.3, -0.25) is 14.5 Å². The van der Waals surface area contributed by atoms with Crippen LogP contribution >= 0.6 is 0 Å². The molecule has 0 saturated carbocycles. The van der Waals surface area contributed by atoms with Crippen molar-refractivity contribution in [3.8, 4) is 23.1 Å². The number of rotatable bonds is 4. The second-order valence-corrected chi connectivity index (χ2v) is 6.84. The molecule has 0 aliphatic carbocycles. The number of nitrogens with zero attached hydrogens (tertiary/aromatic N) is 3. The molecule has 0 bridgehead atoms. The van der Waals surface area contributed by atoms with E-state index in [0.29, 0.717) is 29.0 Å². The van der Waals surface area contributed by atoms with Crippen molar-refractivity contribution in [2.45, 2.75) is 6.42 Å². The van der Waals surface area contributed by atoms with Crippen LogP contribution in [-0.2, 0) is 6.42 Å². The maximum Gasteiger partial charge on any atom is 0.207 e. The molecule has 2 aromatic carbocycles. The molecule has 4 aromatic rings. The van der Waals surface area contributed by atoms with Crippen LogP contribution in [0.2, 0.25) is 0 Å². The summed E-state index contributed by atoms with van der Waals surface area (Å²) < 4.78 is 12.6. The Morgan fingerprint density at radius 3 is 2.45 bits per heavy atom. The highest BCUT2D eigenvalue weighted by Gasteiger charge is 2.26. The van der Waals surface area contributed by atoms with Gasteiger partial charge in [0.15, 0.2) is 0 Å². The molecular formula is C23H19N3O3. The molecule has 1 N–H and O–H groups in total. The van der Waals surface area contributed by atoms with Crippen molar-refractivity contribution in [2.24, 2.45) is 4.99 Å². The molecule has 1 aliphatic rings. The minimum Gasteiger partial charge on any atom is -0.497 e. The molecule has 1 aliphatic heterocycles. The number of methoxy groups -OCH3 is 2. The molecule has 0 unspecified atom stereocenters. The Bertz CT molecular complexity index is 1250. The Morgan fingerprint density at radius 1 is 0.966 bits per heavy atom. The first-order chi connectivity index (χ1) is 14.2. The summed E-state index contributed by atoms with van der Waals surface area (Å²) in [6.45, 7) is 0. The van der Waals surface area contributed by atoms with E-state index in [1.54, 1.807) is 31.0 Å². The lowest BCUT2D eigenvalue weighted by molar-refractivity contribution is 0.393. The van der Waals surface area contributed by atoms with Gasteiger partial charge < -0.3 is 14.6 Å². The first-order valence-corrected chi connectivity index (χ1v) is 9.27. The third-order valence-corrected chi connectivity index (χ3v) is 5.19. The summed E-state index contributed by atoms with van der Waals surface area (Å²) in [5.74, 6) is 1.37. The van der Waals surface area contributed by atoms with Gasteiger partial charge in [-0.1, -0.05) is 18.2 Å². The zero-order valence-electron chi connectivity index (χ0n) is 16.1. The standard InChI is InChI=1S/C23H19N3O3/c1-28-16-11-15(12-17(13-16)29-2)26-20-8-5-9-24-22(20)21(23(26)27)19-10-14-6-3-4-7-18(14)25-19/h3-9,11-13,27H,10H2,1-2H3. The van der Waals surface area contributed by atoms with Crippen LogP contribution < -0.4 is 9.47 Å². The van der Waals surface area contributed by atoms with Gasteiger partial charge in [-0.2, -0.15) is 0 Å². The summed E-state index contributed by atoms with van der Waals surface area (Å²) in [4.78, 5) is 9.32. The predicted octanol–water partition coefficient (Wildman–Crippen LogP) is 4.43. The van der Waals surface area contributed by atoms with E-state index < -0.39 is 0 Å². The lowest BCUT2D eigenvalue weighted by Gasteiger charge is -2.11. The van der Waals surface area contributed by atoms with Crippen LogP contribution in [0.5, 0.6) is 17.4 Å². The molecule has 6 heteroatoms. The maximum atomic E-state index is 11.3. The van der Waals surface area contributed by atoms with Crippen LogP contribution in [0, 0.1) is 0 Å². The van der Waals surface area contributed by atoms with Gasteiger partial charge in [0.25, 0.3) is 0 Å². The number of aromatic nitrogens is 2. The summed E-state index contributed by atoms with van der Waals surface area (Å²) in [6.07, 6.45) is 2.38. The molecule has 0 atom stereocenters. The molecule has 0 amide bonds. The van der Waals surface area contributed by atoms with Crippen molar-refractivity contribution in [2.75, 3.05) is 14.2 Å².